The lowest BCUT2D eigenvalue weighted by Crippen LogP contribution is -2.29. The van der Waals surface area contributed by atoms with Gasteiger partial charge in [0.15, 0.2) is 0 Å². The average Bonchev–Trinajstić information content (AvgIpc) is 3.08. The predicted molar refractivity (Wildman–Crippen MR) is 91.6 cm³/mol. The van der Waals surface area contributed by atoms with Crippen molar-refractivity contribution >= 4 is 28.6 Å². The van der Waals surface area contributed by atoms with Crippen LogP contribution < -0.4 is 10.2 Å². The van der Waals surface area contributed by atoms with Crippen LogP contribution in [0.3, 0.4) is 0 Å². The number of piperidine rings is 1. The summed E-state index contributed by atoms with van der Waals surface area (Å²) in [5, 5.41) is 4.94. The Morgan fingerprint density at radius 2 is 1.95 bits per heavy atom. The molecule has 0 spiro atoms. The summed E-state index contributed by atoms with van der Waals surface area (Å²) in [6, 6.07) is 8.18. The fraction of sp³-hybridized carbons (Fsp3) is 0.412. The molecular weight excluding hydrogens is 294 g/mol. The summed E-state index contributed by atoms with van der Waals surface area (Å²) in [5.41, 5.74) is 4.90. The number of aromatic nitrogens is 1. The number of hydrogen-bond donors (Lipinski definition) is 1. The normalized spacial score (nSPS) is 14.8. The molecule has 1 saturated heterocycles. The fourth-order valence-corrected chi connectivity index (χ4v) is 3.33. The molecule has 1 aliphatic rings. The van der Waals surface area contributed by atoms with Gasteiger partial charge in [0, 0.05) is 36.3 Å². The Bertz CT molecular complexity index is 589. The van der Waals surface area contributed by atoms with Gasteiger partial charge in [-0.05, 0) is 49.9 Å². The highest BCUT2D eigenvalue weighted by Gasteiger charge is 2.11. The second-order valence-electron chi connectivity index (χ2n) is 5.62. The molecule has 1 aromatic carbocycles. The molecule has 1 amide bonds. The summed E-state index contributed by atoms with van der Waals surface area (Å²) in [6.45, 7) is 2.28. The van der Waals surface area contributed by atoms with E-state index in [-0.39, 0.29) is 5.91 Å². The number of rotatable bonds is 5. The van der Waals surface area contributed by atoms with E-state index in [9.17, 15) is 4.79 Å². The molecule has 1 fully saturated rings. The van der Waals surface area contributed by atoms with E-state index in [0.717, 1.165) is 24.5 Å². The topological polar surface area (TPSA) is 45.2 Å². The summed E-state index contributed by atoms with van der Waals surface area (Å²) in [5.74, 6) is 0.0405. The van der Waals surface area contributed by atoms with Gasteiger partial charge in [-0.1, -0.05) is 0 Å². The number of benzene rings is 1. The van der Waals surface area contributed by atoms with Crippen molar-refractivity contribution in [2.45, 2.75) is 32.1 Å². The SMILES string of the molecule is O=C(CCc1cscn1)Nc1ccc(N2CCCCC2)cc1. The molecule has 0 bridgehead atoms. The van der Waals surface area contributed by atoms with Crippen LogP contribution in [0.2, 0.25) is 0 Å². The molecule has 116 valence electrons. The molecule has 0 atom stereocenters. The molecule has 22 heavy (non-hydrogen) atoms. The number of aryl methyl sites for hydroxylation is 1. The van der Waals surface area contributed by atoms with Crippen LogP contribution in [0, 0.1) is 0 Å². The van der Waals surface area contributed by atoms with Gasteiger partial charge < -0.3 is 10.2 Å². The molecule has 2 heterocycles. The van der Waals surface area contributed by atoms with Crippen LogP contribution in [0.1, 0.15) is 31.4 Å². The van der Waals surface area contributed by atoms with Crippen LogP contribution in [0.5, 0.6) is 0 Å². The zero-order valence-electron chi connectivity index (χ0n) is 12.6. The number of carbonyl (C=O) groups is 1. The van der Waals surface area contributed by atoms with Crippen molar-refractivity contribution in [3.63, 3.8) is 0 Å². The van der Waals surface area contributed by atoms with Gasteiger partial charge in [-0.15, -0.1) is 11.3 Å². The van der Waals surface area contributed by atoms with Gasteiger partial charge >= 0.3 is 0 Å². The van der Waals surface area contributed by atoms with Crippen molar-refractivity contribution < 1.29 is 4.79 Å². The lowest BCUT2D eigenvalue weighted by Gasteiger charge is -2.28. The Morgan fingerprint density at radius 1 is 1.18 bits per heavy atom. The number of carbonyl (C=O) groups excluding carboxylic acids is 1. The second kappa shape index (κ2) is 7.40. The van der Waals surface area contributed by atoms with Crippen LogP contribution in [0.4, 0.5) is 11.4 Å². The van der Waals surface area contributed by atoms with Crippen LogP contribution in [-0.2, 0) is 11.2 Å². The van der Waals surface area contributed by atoms with E-state index in [4.69, 9.17) is 0 Å². The van der Waals surface area contributed by atoms with Gasteiger partial charge in [-0.3, -0.25) is 4.79 Å². The molecule has 3 rings (SSSR count). The third kappa shape index (κ3) is 4.07. The lowest BCUT2D eigenvalue weighted by molar-refractivity contribution is -0.116. The Balaban J connectivity index is 1.50. The van der Waals surface area contributed by atoms with Gasteiger partial charge in [0.25, 0.3) is 0 Å². The molecule has 2 aromatic rings. The van der Waals surface area contributed by atoms with Crippen molar-refractivity contribution in [3.05, 3.63) is 40.8 Å². The first kappa shape index (κ1) is 15.0. The molecule has 0 radical (unpaired) electrons. The second-order valence-corrected chi connectivity index (χ2v) is 6.34. The Labute approximate surface area is 135 Å². The van der Waals surface area contributed by atoms with E-state index in [0.29, 0.717) is 12.8 Å². The number of thiazole rings is 1. The zero-order chi connectivity index (χ0) is 15.2. The number of hydrogen-bond acceptors (Lipinski definition) is 4. The van der Waals surface area contributed by atoms with Crippen LogP contribution in [0.15, 0.2) is 35.2 Å². The summed E-state index contributed by atoms with van der Waals surface area (Å²) in [7, 11) is 0. The Kier molecular flexibility index (Phi) is 5.06. The zero-order valence-corrected chi connectivity index (χ0v) is 13.4. The standard InChI is InChI=1S/C17H21N3OS/c21-17(9-6-15-12-22-13-18-15)19-14-4-7-16(8-5-14)20-10-2-1-3-11-20/h4-5,7-8,12-13H,1-3,6,9-11H2,(H,19,21). The molecule has 0 aliphatic carbocycles. The van der Waals surface area contributed by atoms with E-state index >= 15 is 0 Å². The maximum absolute atomic E-state index is 11.9. The molecule has 0 unspecified atom stereocenters. The van der Waals surface area contributed by atoms with Gasteiger partial charge in [-0.25, -0.2) is 4.98 Å². The molecule has 5 heteroatoms. The van der Waals surface area contributed by atoms with Crippen molar-refractivity contribution in [2.75, 3.05) is 23.3 Å². The Morgan fingerprint density at radius 3 is 2.64 bits per heavy atom. The largest absolute Gasteiger partial charge is 0.372 e. The van der Waals surface area contributed by atoms with Gasteiger partial charge in [0.1, 0.15) is 0 Å². The van der Waals surface area contributed by atoms with Gasteiger partial charge in [0.2, 0.25) is 5.91 Å². The van der Waals surface area contributed by atoms with E-state index in [1.54, 1.807) is 16.8 Å². The van der Waals surface area contributed by atoms with Gasteiger partial charge in [-0.2, -0.15) is 0 Å². The number of anilines is 2. The first-order chi connectivity index (χ1) is 10.8. The molecule has 1 aliphatic heterocycles. The van der Waals surface area contributed by atoms with Crippen molar-refractivity contribution in [3.8, 4) is 0 Å². The maximum Gasteiger partial charge on any atom is 0.224 e. The highest BCUT2D eigenvalue weighted by Crippen LogP contribution is 2.21. The summed E-state index contributed by atoms with van der Waals surface area (Å²) < 4.78 is 0. The van der Waals surface area contributed by atoms with E-state index in [2.05, 4.69) is 27.3 Å². The molecule has 0 saturated carbocycles. The monoisotopic (exact) mass is 315 g/mol. The smallest absolute Gasteiger partial charge is 0.224 e. The third-order valence-corrected chi connectivity index (χ3v) is 4.60. The molecule has 1 N–H and O–H groups in total. The fourth-order valence-electron chi connectivity index (χ4n) is 2.73. The molecular formula is C17H21N3OS. The molecule has 4 nitrogen and oxygen atoms in total. The Hall–Kier alpha value is -1.88. The summed E-state index contributed by atoms with van der Waals surface area (Å²) in [6.07, 6.45) is 5.05. The number of amides is 1. The molecule has 1 aromatic heterocycles. The third-order valence-electron chi connectivity index (χ3n) is 3.96. The van der Waals surface area contributed by atoms with Crippen LogP contribution in [0.25, 0.3) is 0 Å². The quantitative estimate of drug-likeness (QED) is 0.915. The summed E-state index contributed by atoms with van der Waals surface area (Å²) in [4.78, 5) is 18.6. The average molecular weight is 315 g/mol. The first-order valence-electron chi connectivity index (χ1n) is 7.83. The van der Waals surface area contributed by atoms with Crippen LogP contribution >= 0.6 is 11.3 Å². The number of nitrogens with zero attached hydrogens (tertiary/aromatic N) is 2. The first-order valence-corrected chi connectivity index (χ1v) is 8.77. The van der Waals surface area contributed by atoms with E-state index < -0.39 is 0 Å². The van der Waals surface area contributed by atoms with Crippen LogP contribution in [-0.4, -0.2) is 24.0 Å². The van der Waals surface area contributed by atoms with Crippen molar-refractivity contribution in [1.82, 2.24) is 4.98 Å². The lowest BCUT2D eigenvalue weighted by atomic mass is 10.1. The highest BCUT2D eigenvalue weighted by atomic mass is 32.1. The minimum absolute atomic E-state index is 0.0405. The van der Waals surface area contributed by atoms with E-state index in [1.807, 2.05) is 17.5 Å². The summed E-state index contributed by atoms with van der Waals surface area (Å²) >= 11 is 1.56. The van der Waals surface area contributed by atoms with Gasteiger partial charge in [0.05, 0.1) is 11.2 Å². The maximum atomic E-state index is 11.9. The minimum atomic E-state index is 0.0405. The van der Waals surface area contributed by atoms with Crippen molar-refractivity contribution in [2.24, 2.45) is 0 Å². The van der Waals surface area contributed by atoms with E-state index in [1.165, 1.54) is 24.9 Å². The minimum Gasteiger partial charge on any atom is -0.372 e. The number of nitrogens with one attached hydrogen (secondary N) is 1. The predicted octanol–water partition coefficient (Wildman–Crippen LogP) is 3.70. The van der Waals surface area contributed by atoms with Crippen molar-refractivity contribution in [1.29, 1.82) is 0 Å². The highest BCUT2D eigenvalue weighted by molar-refractivity contribution is 7.07.